The minimum atomic E-state index is -4.46. The average Bonchev–Trinajstić information content (AvgIpc) is 2.74. The zero-order valence-electron chi connectivity index (χ0n) is 12.1. The highest BCUT2D eigenvalue weighted by atomic mass is 35.5. The number of halogens is 4. The third-order valence-electron chi connectivity index (χ3n) is 2.88. The van der Waals surface area contributed by atoms with Crippen LogP contribution in [0.3, 0.4) is 0 Å². The van der Waals surface area contributed by atoms with Gasteiger partial charge in [0.05, 0.1) is 28.7 Å². The Kier molecular flexibility index (Phi) is 4.74. The smallest absolute Gasteiger partial charge is 0.274 e. The zero-order valence-corrected chi connectivity index (χ0v) is 12.9. The van der Waals surface area contributed by atoms with E-state index in [4.69, 9.17) is 11.6 Å². The average molecular weight is 345 g/mol. The molecule has 23 heavy (non-hydrogen) atoms. The van der Waals surface area contributed by atoms with Crippen LogP contribution in [0.5, 0.6) is 0 Å². The highest BCUT2D eigenvalue weighted by molar-refractivity contribution is 6.32. The molecule has 5 nitrogen and oxygen atoms in total. The van der Waals surface area contributed by atoms with Gasteiger partial charge in [-0.1, -0.05) is 17.7 Å². The van der Waals surface area contributed by atoms with Gasteiger partial charge >= 0.3 is 6.18 Å². The third-order valence-corrected chi connectivity index (χ3v) is 3.25. The molecule has 9 heteroatoms. The molecule has 0 aliphatic rings. The number of carbonyl (C=O) groups excluding carboxylic acids is 1. The van der Waals surface area contributed by atoms with Crippen molar-refractivity contribution in [3.05, 3.63) is 46.2 Å². The molecule has 0 aliphatic carbocycles. The van der Waals surface area contributed by atoms with Gasteiger partial charge in [0.2, 0.25) is 5.91 Å². The van der Waals surface area contributed by atoms with Crippen LogP contribution < -0.4 is 5.43 Å². The van der Waals surface area contributed by atoms with Crippen LogP contribution in [0.1, 0.15) is 23.7 Å². The molecule has 1 amide bonds. The van der Waals surface area contributed by atoms with Crippen LogP contribution in [-0.4, -0.2) is 21.9 Å². The SMILES string of the molecule is CC(=O)N/N=C\c1c(C)nn(-c2cccc(C(F)(F)F)c2)c1Cl. The fourth-order valence-corrected chi connectivity index (χ4v) is 2.15. The number of hydrogen-bond acceptors (Lipinski definition) is 3. The van der Waals surface area contributed by atoms with Crippen molar-refractivity contribution in [2.75, 3.05) is 0 Å². The minimum absolute atomic E-state index is 0.0935. The summed E-state index contributed by atoms with van der Waals surface area (Å²) in [4.78, 5) is 10.8. The van der Waals surface area contributed by atoms with E-state index in [1.807, 2.05) is 0 Å². The Bertz CT molecular complexity index is 768. The number of carbonyl (C=O) groups is 1. The molecule has 0 saturated carbocycles. The van der Waals surface area contributed by atoms with E-state index in [9.17, 15) is 18.0 Å². The first-order valence-electron chi connectivity index (χ1n) is 6.42. The second-order valence-electron chi connectivity index (χ2n) is 4.68. The molecule has 0 saturated heterocycles. The lowest BCUT2D eigenvalue weighted by Crippen LogP contribution is -2.12. The lowest BCUT2D eigenvalue weighted by Gasteiger charge is -2.09. The topological polar surface area (TPSA) is 59.3 Å². The largest absolute Gasteiger partial charge is 0.416 e. The predicted octanol–water partition coefficient (Wildman–Crippen LogP) is 3.32. The Hall–Kier alpha value is -2.35. The Labute approximate surface area is 134 Å². The van der Waals surface area contributed by atoms with Crippen molar-refractivity contribution in [3.8, 4) is 5.69 Å². The van der Waals surface area contributed by atoms with E-state index in [2.05, 4.69) is 15.6 Å². The Morgan fingerprint density at radius 3 is 2.74 bits per heavy atom. The molecular weight excluding hydrogens is 333 g/mol. The van der Waals surface area contributed by atoms with Crippen LogP contribution in [0.2, 0.25) is 5.15 Å². The second-order valence-corrected chi connectivity index (χ2v) is 5.03. The lowest BCUT2D eigenvalue weighted by atomic mass is 10.2. The van der Waals surface area contributed by atoms with Crippen molar-refractivity contribution in [2.45, 2.75) is 20.0 Å². The van der Waals surface area contributed by atoms with Crippen molar-refractivity contribution in [3.63, 3.8) is 0 Å². The van der Waals surface area contributed by atoms with Gasteiger partial charge in [-0.25, -0.2) is 10.1 Å². The van der Waals surface area contributed by atoms with Crippen LogP contribution in [0.4, 0.5) is 13.2 Å². The maximum atomic E-state index is 12.8. The normalized spacial score (nSPS) is 11.9. The van der Waals surface area contributed by atoms with Gasteiger partial charge in [0, 0.05) is 6.92 Å². The van der Waals surface area contributed by atoms with Gasteiger partial charge in [0.1, 0.15) is 5.15 Å². The Balaban J connectivity index is 2.42. The van der Waals surface area contributed by atoms with Crippen LogP contribution in [0.25, 0.3) is 5.69 Å². The fourth-order valence-electron chi connectivity index (χ4n) is 1.83. The molecule has 0 bridgehead atoms. The summed E-state index contributed by atoms with van der Waals surface area (Å²) in [5.41, 5.74) is 2.45. The summed E-state index contributed by atoms with van der Waals surface area (Å²) in [7, 11) is 0. The molecule has 0 fully saturated rings. The summed E-state index contributed by atoms with van der Waals surface area (Å²) >= 11 is 6.16. The summed E-state index contributed by atoms with van der Waals surface area (Å²) in [6.07, 6.45) is -3.17. The van der Waals surface area contributed by atoms with E-state index >= 15 is 0 Å². The van der Waals surface area contributed by atoms with Gasteiger partial charge in [0.15, 0.2) is 0 Å². The summed E-state index contributed by atoms with van der Waals surface area (Å²) < 4.78 is 39.5. The fraction of sp³-hybridized carbons (Fsp3) is 0.214. The monoisotopic (exact) mass is 344 g/mol. The Morgan fingerprint density at radius 1 is 1.43 bits per heavy atom. The van der Waals surface area contributed by atoms with E-state index in [0.29, 0.717) is 11.3 Å². The molecule has 0 spiro atoms. The van der Waals surface area contributed by atoms with Crippen molar-refractivity contribution in [1.82, 2.24) is 15.2 Å². The van der Waals surface area contributed by atoms with Crippen LogP contribution in [0.15, 0.2) is 29.4 Å². The number of nitrogens with zero attached hydrogens (tertiary/aromatic N) is 3. The van der Waals surface area contributed by atoms with Crippen molar-refractivity contribution >= 4 is 23.7 Å². The molecule has 0 atom stereocenters. The van der Waals surface area contributed by atoms with E-state index < -0.39 is 11.7 Å². The molecule has 1 aromatic carbocycles. The number of nitrogens with one attached hydrogen (secondary N) is 1. The van der Waals surface area contributed by atoms with E-state index in [0.717, 1.165) is 12.1 Å². The number of alkyl halides is 3. The number of benzene rings is 1. The maximum Gasteiger partial charge on any atom is 0.416 e. The van der Waals surface area contributed by atoms with Gasteiger partial charge in [-0.15, -0.1) is 0 Å². The number of hydrogen-bond donors (Lipinski definition) is 1. The third kappa shape index (κ3) is 3.89. The predicted molar refractivity (Wildman–Crippen MR) is 79.7 cm³/mol. The van der Waals surface area contributed by atoms with E-state index in [1.54, 1.807) is 6.92 Å². The maximum absolute atomic E-state index is 12.8. The number of aromatic nitrogens is 2. The first kappa shape index (κ1) is 17.0. The molecule has 1 heterocycles. The molecule has 122 valence electrons. The van der Waals surface area contributed by atoms with Gasteiger partial charge in [-0.2, -0.15) is 23.4 Å². The number of aryl methyl sites for hydroxylation is 1. The molecule has 0 aliphatic heterocycles. The van der Waals surface area contributed by atoms with Crippen LogP contribution >= 0.6 is 11.6 Å². The van der Waals surface area contributed by atoms with Crippen molar-refractivity contribution < 1.29 is 18.0 Å². The van der Waals surface area contributed by atoms with E-state index in [-0.39, 0.29) is 16.7 Å². The minimum Gasteiger partial charge on any atom is -0.274 e. The van der Waals surface area contributed by atoms with Gasteiger partial charge in [-0.05, 0) is 25.1 Å². The standard InChI is InChI=1S/C14H12ClF3N4O/c1-8-12(7-19-20-9(2)23)13(15)22(21-8)11-5-3-4-10(6-11)14(16,17)18/h3-7H,1-2H3,(H,20,23)/b19-7-. The summed E-state index contributed by atoms with van der Waals surface area (Å²) in [5.74, 6) is -0.361. The zero-order chi connectivity index (χ0) is 17.2. The van der Waals surface area contributed by atoms with Gasteiger partial charge < -0.3 is 0 Å². The lowest BCUT2D eigenvalue weighted by molar-refractivity contribution is -0.137. The van der Waals surface area contributed by atoms with E-state index in [1.165, 1.54) is 30.0 Å². The van der Waals surface area contributed by atoms with Crippen LogP contribution in [0, 0.1) is 6.92 Å². The molecule has 2 aromatic rings. The second kappa shape index (κ2) is 6.41. The molecule has 1 aromatic heterocycles. The number of rotatable bonds is 3. The van der Waals surface area contributed by atoms with Gasteiger partial charge in [-0.3, -0.25) is 4.79 Å². The Morgan fingerprint density at radius 2 is 2.13 bits per heavy atom. The molecular formula is C14H12ClF3N4O. The van der Waals surface area contributed by atoms with Crippen molar-refractivity contribution in [2.24, 2.45) is 5.10 Å². The highest BCUT2D eigenvalue weighted by Crippen LogP contribution is 2.31. The van der Waals surface area contributed by atoms with Crippen LogP contribution in [-0.2, 0) is 11.0 Å². The quantitative estimate of drug-likeness (QED) is 0.686. The van der Waals surface area contributed by atoms with Crippen molar-refractivity contribution in [1.29, 1.82) is 0 Å². The molecule has 1 N–H and O–H groups in total. The first-order valence-corrected chi connectivity index (χ1v) is 6.80. The summed E-state index contributed by atoms with van der Waals surface area (Å²) in [5, 5.41) is 7.89. The molecule has 0 radical (unpaired) electrons. The molecule has 0 unspecified atom stereocenters. The number of amides is 1. The molecule has 2 rings (SSSR count). The summed E-state index contributed by atoms with van der Waals surface area (Å²) in [6, 6.07) is 4.65. The highest BCUT2D eigenvalue weighted by Gasteiger charge is 2.30. The number of hydrazone groups is 1. The van der Waals surface area contributed by atoms with Gasteiger partial charge in [0.25, 0.3) is 0 Å². The first-order chi connectivity index (χ1) is 10.7. The summed E-state index contributed by atoms with van der Waals surface area (Å²) in [6.45, 7) is 2.92.